The molecule has 10 nitrogen and oxygen atoms in total. The lowest BCUT2D eigenvalue weighted by Gasteiger charge is -2.14. The Kier molecular flexibility index (Phi) is 14.9. The fourth-order valence-electron chi connectivity index (χ4n) is 5.50. The smallest absolute Gasteiger partial charge is 0.341 e. The number of hydrogen-bond acceptors (Lipinski definition) is 10. The summed E-state index contributed by atoms with van der Waals surface area (Å²) >= 11 is 0. The highest BCUT2D eigenvalue weighted by atomic mass is 17.2. The van der Waals surface area contributed by atoms with E-state index in [0.717, 1.165) is 83.4 Å². The van der Waals surface area contributed by atoms with E-state index in [2.05, 4.69) is 18.2 Å². The Bertz CT molecular complexity index is 1630. The van der Waals surface area contributed by atoms with E-state index in [0.29, 0.717) is 43.3 Å². The lowest BCUT2D eigenvalue weighted by atomic mass is 10.0. The fourth-order valence-corrected chi connectivity index (χ4v) is 5.50. The van der Waals surface area contributed by atoms with Gasteiger partial charge >= 0.3 is 11.9 Å². The Morgan fingerprint density at radius 3 is 1.73 bits per heavy atom. The van der Waals surface area contributed by atoms with Crippen molar-refractivity contribution in [2.24, 2.45) is 0 Å². The summed E-state index contributed by atoms with van der Waals surface area (Å²) in [6.45, 7) is 1.80. The molecule has 0 N–H and O–H groups in total. The highest BCUT2D eigenvalue weighted by molar-refractivity contribution is 6.01. The van der Waals surface area contributed by atoms with Gasteiger partial charge in [-0.1, -0.05) is 56.7 Å². The van der Waals surface area contributed by atoms with Crippen LogP contribution in [0.3, 0.4) is 0 Å². The Hall–Kier alpha value is -4.22. The van der Waals surface area contributed by atoms with Gasteiger partial charge in [-0.25, -0.2) is 29.1 Å². The number of methoxy groups -OCH3 is 2. The van der Waals surface area contributed by atoms with Gasteiger partial charge in [0.15, 0.2) is 0 Å². The summed E-state index contributed by atoms with van der Waals surface area (Å²) < 4.78 is 22.0. The van der Waals surface area contributed by atoms with Crippen molar-refractivity contribution in [3.8, 4) is 11.5 Å². The van der Waals surface area contributed by atoms with Crippen molar-refractivity contribution in [1.82, 2.24) is 0 Å². The molecule has 0 atom stereocenters. The van der Waals surface area contributed by atoms with Crippen LogP contribution in [0.1, 0.15) is 83.2 Å². The molecule has 48 heavy (non-hydrogen) atoms. The predicted molar refractivity (Wildman–Crippen MR) is 182 cm³/mol. The van der Waals surface area contributed by atoms with Crippen molar-refractivity contribution < 1.29 is 48.1 Å². The number of fused-ring (bicyclic) bond motifs is 2. The molecule has 0 aromatic heterocycles. The van der Waals surface area contributed by atoms with Crippen LogP contribution in [0.4, 0.5) is 0 Å². The molecule has 258 valence electrons. The summed E-state index contributed by atoms with van der Waals surface area (Å²) in [6.07, 6.45) is 8.61. The molecule has 4 rings (SSSR count). The number of rotatable bonds is 21. The second-order valence-electron chi connectivity index (χ2n) is 11.4. The maximum atomic E-state index is 12.4. The van der Waals surface area contributed by atoms with Gasteiger partial charge < -0.3 is 18.9 Å². The molecule has 0 fully saturated rings. The average Bonchev–Trinajstić information content (AvgIpc) is 3.11. The molecule has 0 unspecified atom stereocenters. The summed E-state index contributed by atoms with van der Waals surface area (Å²) in [6, 6.07) is 19.0. The Balaban J connectivity index is 1.14. The van der Waals surface area contributed by atoms with Crippen molar-refractivity contribution >= 4 is 33.5 Å². The number of carbonyl (C=O) groups excluding carboxylic acids is 2. The van der Waals surface area contributed by atoms with Gasteiger partial charge in [-0.05, 0) is 82.4 Å². The van der Waals surface area contributed by atoms with Gasteiger partial charge in [0, 0.05) is 5.56 Å². The first-order chi connectivity index (χ1) is 23.5. The molecule has 0 spiro atoms. The van der Waals surface area contributed by atoms with Crippen molar-refractivity contribution in [2.75, 3.05) is 41.7 Å². The van der Waals surface area contributed by atoms with Gasteiger partial charge in [0.05, 0.1) is 47.2 Å². The van der Waals surface area contributed by atoms with Gasteiger partial charge in [0.25, 0.3) is 0 Å². The standard InChI is InChI=1S/C38H46O10/c1-41-37(39)30-16-15-29-24-36(34(38(40)42-2)22-32(29)20-30)46-18-12-10-8-6-5-7-9-11-17-45-35-23-28-14-13-27(25-47-43-3)19-31(28)21-33(35)26-48-44-4/h13-16,19-24H,5-12,17-18,25-26H2,1-4H3. The monoisotopic (exact) mass is 662 g/mol. The normalized spacial score (nSPS) is 11.2. The number of unbranched alkanes of at least 4 members (excludes halogenated alkanes) is 7. The molecule has 0 heterocycles. The largest absolute Gasteiger partial charge is 0.493 e. The molecule has 4 aromatic carbocycles. The summed E-state index contributed by atoms with van der Waals surface area (Å²) in [7, 11) is 5.67. The lowest BCUT2D eigenvalue weighted by molar-refractivity contribution is -0.282. The van der Waals surface area contributed by atoms with E-state index in [9.17, 15) is 9.59 Å². The molecule has 10 heteroatoms. The Labute approximate surface area is 282 Å². The van der Waals surface area contributed by atoms with E-state index in [1.165, 1.54) is 34.9 Å². The maximum Gasteiger partial charge on any atom is 0.341 e. The van der Waals surface area contributed by atoms with E-state index in [1.54, 1.807) is 18.2 Å². The number of ether oxygens (including phenoxy) is 4. The van der Waals surface area contributed by atoms with Gasteiger partial charge in [0.1, 0.15) is 30.3 Å². The molecule has 0 aliphatic rings. The molecule has 0 aliphatic heterocycles. The molecule has 0 saturated heterocycles. The summed E-state index contributed by atoms with van der Waals surface area (Å²) in [5, 5.41) is 3.74. The van der Waals surface area contributed by atoms with Crippen LogP contribution < -0.4 is 9.47 Å². The van der Waals surface area contributed by atoms with Crippen LogP contribution >= 0.6 is 0 Å². The molecular weight excluding hydrogens is 616 g/mol. The van der Waals surface area contributed by atoms with E-state index in [4.69, 9.17) is 38.5 Å². The molecule has 0 aliphatic carbocycles. The van der Waals surface area contributed by atoms with Gasteiger partial charge in [0.2, 0.25) is 0 Å². The molecular formula is C38H46O10. The first-order valence-corrected chi connectivity index (χ1v) is 16.3. The number of esters is 2. The highest BCUT2D eigenvalue weighted by Crippen LogP contribution is 2.30. The number of benzene rings is 4. The third-order valence-corrected chi connectivity index (χ3v) is 8.08. The minimum atomic E-state index is -0.484. The second kappa shape index (κ2) is 19.6. The van der Waals surface area contributed by atoms with Crippen LogP contribution in [0.15, 0.2) is 60.7 Å². The van der Waals surface area contributed by atoms with Crippen molar-refractivity contribution in [3.63, 3.8) is 0 Å². The quantitative estimate of drug-likeness (QED) is 0.0374. The zero-order chi connectivity index (χ0) is 34.1. The van der Waals surface area contributed by atoms with Crippen molar-refractivity contribution in [1.29, 1.82) is 0 Å². The van der Waals surface area contributed by atoms with Gasteiger partial charge in [-0.2, -0.15) is 0 Å². The predicted octanol–water partition coefficient (Wildman–Crippen LogP) is 8.30. The third kappa shape index (κ3) is 10.6. The molecule has 0 saturated carbocycles. The van der Waals surface area contributed by atoms with E-state index < -0.39 is 11.9 Å². The Morgan fingerprint density at radius 1 is 0.521 bits per heavy atom. The van der Waals surface area contributed by atoms with Crippen LogP contribution in [-0.2, 0) is 42.2 Å². The first kappa shape index (κ1) is 36.6. The average molecular weight is 663 g/mol. The molecule has 4 aromatic rings. The van der Waals surface area contributed by atoms with Crippen molar-refractivity contribution in [3.05, 3.63) is 82.9 Å². The van der Waals surface area contributed by atoms with Gasteiger partial charge in [-0.15, -0.1) is 0 Å². The topological polar surface area (TPSA) is 108 Å². The minimum absolute atomic E-state index is 0.291. The lowest BCUT2D eigenvalue weighted by Crippen LogP contribution is -2.07. The maximum absolute atomic E-state index is 12.4. The molecule has 0 amide bonds. The zero-order valence-corrected chi connectivity index (χ0v) is 28.3. The van der Waals surface area contributed by atoms with E-state index in [-0.39, 0.29) is 0 Å². The van der Waals surface area contributed by atoms with E-state index >= 15 is 0 Å². The first-order valence-electron chi connectivity index (χ1n) is 16.3. The van der Waals surface area contributed by atoms with Crippen LogP contribution in [-0.4, -0.2) is 53.6 Å². The second-order valence-corrected chi connectivity index (χ2v) is 11.4. The zero-order valence-electron chi connectivity index (χ0n) is 28.3. The molecule has 0 bridgehead atoms. The van der Waals surface area contributed by atoms with Crippen molar-refractivity contribution in [2.45, 2.75) is 64.6 Å². The molecule has 0 radical (unpaired) electrons. The summed E-state index contributed by atoms with van der Waals surface area (Å²) in [5.74, 6) is 0.364. The number of carbonyl (C=O) groups is 2. The van der Waals surface area contributed by atoms with Crippen LogP contribution in [0.25, 0.3) is 21.5 Å². The van der Waals surface area contributed by atoms with Crippen LogP contribution in [0, 0.1) is 0 Å². The SMILES string of the molecule is COOCc1ccc2cc(OCCCCCCCCCCOc3cc4ccc(C(=O)OC)cc4cc3C(=O)OC)c(COOC)cc2c1. The van der Waals surface area contributed by atoms with Crippen LogP contribution in [0.5, 0.6) is 11.5 Å². The van der Waals surface area contributed by atoms with Gasteiger partial charge in [-0.3, -0.25) is 0 Å². The number of hydrogen-bond donors (Lipinski definition) is 0. The fraction of sp³-hybridized carbons (Fsp3) is 0.421. The minimum Gasteiger partial charge on any atom is -0.493 e. The third-order valence-electron chi connectivity index (χ3n) is 8.08. The van der Waals surface area contributed by atoms with E-state index in [1.807, 2.05) is 24.3 Å². The highest BCUT2D eigenvalue weighted by Gasteiger charge is 2.16. The summed E-state index contributed by atoms with van der Waals surface area (Å²) in [4.78, 5) is 44.2. The van der Waals surface area contributed by atoms with Crippen LogP contribution in [0.2, 0.25) is 0 Å². The summed E-state index contributed by atoms with van der Waals surface area (Å²) in [5.41, 5.74) is 2.68. The Morgan fingerprint density at radius 2 is 1.08 bits per heavy atom.